The Morgan fingerprint density at radius 1 is 0.800 bits per heavy atom. The number of ether oxygens (including phenoxy) is 3. The largest absolute Gasteiger partial charge is 0.486 e. The van der Waals surface area contributed by atoms with Crippen molar-refractivity contribution < 1.29 is 34.6 Å². The monoisotopic (exact) mass is 478 g/mol. The zero-order chi connectivity index (χ0) is 24.5. The second kappa shape index (κ2) is 9.97. The average molecular weight is 479 g/mol. The van der Waals surface area contributed by atoms with Crippen LogP contribution in [0, 0.1) is 6.92 Å². The van der Waals surface area contributed by atoms with Crippen molar-refractivity contribution in [3.8, 4) is 22.6 Å². The fourth-order valence-electron chi connectivity index (χ4n) is 4.85. The zero-order valence-electron chi connectivity index (χ0n) is 19.5. The second-order valence-corrected chi connectivity index (χ2v) is 9.12. The molecule has 3 aromatic carbocycles. The zero-order valence-corrected chi connectivity index (χ0v) is 19.5. The Morgan fingerprint density at radius 2 is 1.54 bits per heavy atom. The van der Waals surface area contributed by atoms with E-state index in [0.29, 0.717) is 25.2 Å². The predicted octanol–water partition coefficient (Wildman–Crippen LogP) is 2.54. The van der Waals surface area contributed by atoms with Gasteiger partial charge in [-0.05, 0) is 64.9 Å². The van der Waals surface area contributed by atoms with E-state index in [-0.39, 0.29) is 0 Å². The summed E-state index contributed by atoms with van der Waals surface area (Å²) in [6.07, 6.45) is -5.46. The molecule has 0 spiro atoms. The van der Waals surface area contributed by atoms with Gasteiger partial charge in [0.05, 0.1) is 6.61 Å². The lowest BCUT2D eigenvalue weighted by atomic mass is 9.85. The SMILES string of the molecule is Cc1c(Cc2ccc3c(c2)OCCO3)cc(-c2ccccc2)cc1[C@@H]1O[C@H](CO)[C@@H](O)[C@H](O)[C@H]1O. The summed E-state index contributed by atoms with van der Waals surface area (Å²) in [6, 6.07) is 19.9. The highest BCUT2D eigenvalue weighted by molar-refractivity contribution is 5.67. The van der Waals surface area contributed by atoms with Gasteiger partial charge in [0.2, 0.25) is 0 Å². The molecule has 0 unspecified atom stereocenters. The minimum atomic E-state index is -1.44. The summed E-state index contributed by atoms with van der Waals surface area (Å²) in [5, 5.41) is 41.2. The van der Waals surface area contributed by atoms with Crippen molar-refractivity contribution in [3.63, 3.8) is 0 Å². The van der Waals surface area contributed by atoms with E-state index in [1.165, 1.54) is 0 Å². The van der Waals surface area contributed by atoms with E-state index in [2.05, 4.69) is 6.07 Å². The van der Waals surface area contributed by atoms with Gasteiger partial charge in [0.25, 0.3) is 0 Å². The third kappa shape index (κ3) is 4.66. The Bertz CT molecular complexity index is 1180. The van der Waals surface area contributed by atoms with Crippen LogP contribution in [0.4, 0.5) is 0 Å². The van der Waals surface area contributed by atoms with Crippen LogP contribution in [0.5, 0.6) is 11.5 Å². The first kappa shape index (κ1) is 23.8. The molecule has 2 aliphatic heterocycles. The van der Waals surface area contributed by atoms with E-state index >= 15 is 0 Å². The Kier molecular flexibility index (Phi) is 6.77. The molecule has 1 saturated heterocycles. The fraction of sp³-hybridized carbons (Fsp3) is 0.357. The molecular weight excluding hydrogens is 448 g/mol. The van der Waals surface area contributed by atoms with Crippen LogP contribution in [0.25, 0.3) is 11.1 Å². The molecule has 1 fully saturated rings. The van der Waals surface area contributed by atoms with Crippen LogP contribution in [0.3, 0.4) is 0 Å². The molecular formula is C28H30O7. The first-order valence-electron chi connectivity index (χ1n) is 11.8. The van der Waals surface area contributed by atoms with E-state index < -0.39 is 37.1 Å². The van der Waals surface area contributed by atoms with E-state index in [1.807, 2.05) is 61.5 Å². The number of fused-ring (bicyclic) bond motifs is 1. The molecule has 0 aromatic heterocycles. The third-order valence-corrected chi connectivity index (χ3v) is 6.86. The normalized spacial score (nSPS) is 25.9. The van der Waals surface area contributed by atoms with Gasteiger partial charge in [0, 0.05) is 0 Å². The van der Waals surface area contributed by atoms with Gasteiger partial charge in [0.15, 0.2) is 11.5 Å². The van der Waals surface area contributed by atoms with Gasteiger partial charge in [-0.2, -0.15) is 0 Å². The molecule has 0 aliphatic carbocycles. The van der Waals surface area contributed by atoms with Gasteiger partial charge in [-0.25, -0.2) is 0 Å². The molecule has 2 aliphatic rings. The molecule has 5 rings (SSSR count). The number of aliphatic hydroxyl groups is 4. The lowest BCUT2D eigenvalue weighted by Gasteiger charge is -2.41. The van der Waals surface area contributed by atoms with Gasteiger partial charge < -0.3 is 34.6 Å². The molecule has 3 aromatic rings. The maximum Gasteiger partial charge on any atom is 0.161 e. The molecule has 35 heavy (non-hydrogen) atoms. The summed E-state index contributed by atoms with van der Waals surface area (Å²) in [7, 11) is 0. The number of aliphatic hydroxyl groups excluding tert-OH is 4. The quantitative estimate of drug-likeness (QED) is 0.446. The maximum atomic E-state index is 10.8. The first-order valence-corrected chi connectivity index (χ1v) is 11.8. The van der Waals surface area contributed by atoms with Crippen molar-refractivity contribution in [3.05, 3.63) is 82.9 Å². The summed E-state index contributed by atoms with van der Waals surface area (Å²) in [5.41, 5.74) is 5.62. The third-order valence-electron chi connectivity index (χ3n) is 6.86. The summed E-state index contributed by atoms with van der Waals surface area (Å²) in [4.78, 5) is 0. The molecule has 4 N–H and O–H groups in total. The van der Waals surface area contributed by atoms with Crippen molar-refractivity contribution in [2.24, 2.45) is 0 Å². The number of rotatable bonds is 5. The summed E-state index contributed by atoms with van der Waals surface area (Å²) in [5.74, 6) is 1.46. The summed E-state index contributed by atoms with van der Waals surface area (Å²) < 4.78 is 17.3. The molecule has 0 radical (unpaired) electrons. The van der Waals surface area contributed by atoms with Crippen LogP contribution >= 0.6 is 0 Å². The molecule has 7 nitrogen and oxygen atoms in total. The van der Waals surface area contributed by atoms with Crippen LogP contribution in [-0.2, 0) is 11.2 Å². The van der Waals surface area contributed by atoms with Crippen LogP contribution in [-0.4, -0.2) is 64.7 Å². The minimum Gasteiger partial charge on any atom is -0.486 e. The Hall–Kier alpha value is -2.94. The lowest BCUT2D eigenvalue weighted by molar-refractivity contribution is -0.231. The summed E-state index contributed by atoms with van der Waals surface area (Å²) >= 11 is 0. The average Bonchev–Trinajstić information content (AvgIpc) is 2.89. The molecule has 7 heteroatoms. The standard InChI is InChI=1S/C28H30O7/c1-16-19(11-17-7-8-22-23(12-17)34-10-9-33-22)13-20(18-5-3-2-4-6-18)14-21(16)28-27(32)26(31)25(30)24(15-29)35-28/h2-8,12-14,24-32H,9-11,15H2,1H3/t24-,25-,26+,27-,28+/m1/s1. The van der Waals surface area contributed by atoms with Crippen molar-refractivity contribution in [2.75, 3.05) is 19.8 Å². The number of hydrogen-bond acceptors (Lipinski definition) is 7. The van der Waals surface area contributed by atoms with Crippen LogP contribution in [0.15, 0.2) is 60.7 Å². The van der Waals surface area contributed by atoms with Crippen molar-refractivity contribution in [2.45, 2.75) is 43.9 Å². The predicted molar refractivity (Wildman–Crippen MR) is 130 cm³/mol. The van der Waals surface area contributed by atoms with Gasteiger partial charge in [0.1, 0.15) is 43.7 Å². The smallest absolute Gasteiger partial charge is 0.161 e. The highest BCUT2D eigenvalue weighted by atomic mass is 16.6. The minimum absolute atomic E-state index is 0.469. The molecule has 0 bridgehead atoms. The Labute approximate surface area is 204 Å². The van der Waals surface area contributed by atoms with Gasteiger partial charge >= 0.3 is 0 Å². The van der Waals surface area contributed by atoms with Crippen molar-refractivity contribution >= 4 is 0 Å². The van der Waals surface area contributed by atoms with Gasteiger partial charge in [-0.3, -0.25) is 0 Å². The van der Waals surface area contributed by atoms with Crippen LogP contribution in [0.1, 0.15) is 28.4 Å². The maximum absolute atomic E-state index is 10.8. The Balaban J connectivity index is 1.57. The Morgan fingerprint density at radius 3 is 2.29 bits per heavy atom. The fourth-order valence-corrected chi connectivity index (χ4v) is 4.85. The van der Waals surface area contributed by atoms with Crippen LogP contribution in [0.2, 0.25) is 0 Å². The van der Waals surface area contributed by atoms with Crippen LogP contribution < -0.4 is 9.47 Å². The number of hydrogen-bond donors (Lipinski definition) is 4. The van der Waals surface area contributed by atoms with Crippen molar-refractivity contribution in [1.29, 1.82) is 0 Å². The molecule has 184 valence electrons. The number of benzene rings is 3. The lowest BCUT2D eigenvalue weighted by Crippen LogP contribution is -2.55. The molecule has 0 saturated carbocycles. The topological polar surface area (TPSA) is 109 Å². The molecule has 5 atom stereocenters. The highest BCUT2D eigenvalue weighted by Crippen LogP contribution is 2.38. The second-order valence-electron chi connectivity index (χ2n) is 9.12. The van der Waals surface area contributed by atoms with Gasteiger partial charge in [-0.15, -0.1) is 0 Å². The van der Waals surface area contributed by atoms with Gasteiger partial charge in [-0.1, -0.05) is 42.5 Å². The summed E-state index contributed by atoms with van der Waals surface area (Å²) in [6.45, 7) is 2.54. The first-order chi connectivity index (χ1) is 17.0. The van der Waals surface area contributed by atoms with E-state index in [0.717, 1.165) is 39.3 Å². The molecule has 0 amide bonds. The van der Waals surface area contributed by atoms with Crippen molar-refractivity contribution in [1.82, 2.24) is 0 Å². The van der Waals surface area contributed by atoms with E-state index in [1.54, 1.807) is 0 Å². The highest BCUT2D eigenvalue weighted by Gasteiger charge is 2.44. The molecule has 2 heterocycles. The van der Waals surface area contributed by atoms with E-state index in [4.69, 9.17) is 14.2 Å². The van der Waals surface area contributed by atoms with E-state index in [9.17, 15) is 20.4 Å².